The zero-order valence-electron chi connectivity index (χ0n) is 5.58. The first-order valence-corrected chi connectivity index (χ1v) is 4.32. The van der Waals surface area contributed by atoms with Crippen LogP contribution in [0.2, 0.25) is 0 Å². The average molecular weight is 159 g/mol. The Labute approximate surface area is 63.8 Å². The number of hydrogen-bond donors (Lipinski definition) is 0. The Morgan fingerprint density at radius 1 is 1.60 bits per heavy atom. The summed E-state index contributed by atoms with van der Waals surface area (Å²) in [5.74, 6) is 1.38. The third kappa shape index (κ3) is 1.73. The molecule has 3 nitrogen and oxygen atoms in total. The van der Waals surface area contributed by atoms with Gasteiger partial charge in [-0.05, 0) is 12.2 Å². The van der Waals surface area contributed by atoms with E-state index in [4.69, 9.17) is 0 Å². The number of thioether (sulfide) groups is 1. The van der Waals surface area contributed by atoms with Gasteiger partial charge in [0, 0.05) is 6.54 Å². The number of imide groups is 1. The van der Waals surface area contributed by atoms with Crippen molar-refractivity contribution in [3.05, 3.63) is 0 Å². The Bertz CT molecular complexity index is 149. The highest BCUT2D eigenvalue weighted by atomic mass is 32.2. The SMILES string of the molecule is O=CN1CCCSCC1=O. The molecule has 0 saturated carbocycles. The molecule has 1 saturated heterocycles. The van der Waals surface area contributed by atoms with E-state index in [0.717, 1.165) is 12.2 Å². The quantitative estimate of drug-likeness (QED) is 0.509. The van der Waals surface area contributed by atoms with E-state index in [9.17, 15) is 9.59 Å². The molecule has 1 aliphatic heterocycles. The molecule has 1 rings (SSSR count). The van der Waals surface area contributed by atoms with Gasteiger partial charge in [-0.1, -0.05) is 0 Å². The van der Waals surface area contributed by atoms with Crippen LogP contribution in [0, 0.1) is 0 Å². The first-order chi connectivity index (χ1) is 4.84. The standard InChI is InChI=1S/C6H9NO2S/c8-5-7-2-1-3-10-4-6(7)9/h5H,1-4H2. The molecule has 0 radical (unpaired) electrons. The maximum Gasteiger partial charge on any atom is 0.238 e. The van der Waals surface area contributed by atoms with Crippen LogP contribution in [0.15, 0.2) is 0 Å². The number of amides is 2. The number of hydrogen-bond acceptors (Lipinski definition) is 3. The molecular formula is C6H9NO2S. The lowest BCUT2D eigenvalue weighted by Crippen LogP contribution is -2.30. The van der Waals surface area contributed by atoms with Crippen molar-refractivity contribution in [1.29, 1.82) is 0 Å². The minimum Gasteiger partial charge on any atom is -0.285 e. The summed E-state index contributed by atoms with van der Waals surface area (Å²) >= 11 is 1.59. The average Bonchev–Trinajstić information content (AvgIpc) is 2.13. The molecule has 0 spiro atoms. The second-order valence-corrected chi connectivity index (χ2v) is 3.20. The molecule has 2 amide bonds. The van der Waals surface area contributed by atoms with Crippen LogP contribution in [0.3, 0.4) is 0 Å². The summed E-state index contributed by atoms with van der Waals surface area (Å²) < 4.78 is 0. The lowest BCUT2D eigenvalue weighted by Gasteiger charge is -2.09. The minimum atomic E-state index is -0.0579. The van der Waals surface area contributed by atoms with Crippen molar-refractivity contribution >= 4 is 24.1 Å². The minimum absolute atomic E-state index is 0.0579. The molecule has 1 aliphatic rings. The fourth-order valence-corrected chi connectivity index (χ4v) is 1.63. The van der Waals surface area contributed by atoms with Gasteiger partial charge in [-0.3, -0.25) is 14.5 Å². The molecule has 1 fully saturated rings. The maximum atomic E-state index is 10.9. The second kappa shape index (κ2) is 3.61. The van der Waals surface area contributed by atoms with Crippen LogP contribution in [0.5, 0.6) is 0 Å². The molecule has 0 aromatic heterocycles. The smallest absolute Gasteiger partial charge is 0.238 e. The fraction of sp³-hybridized carbons (Fsp3) is 0.667. The summed E-state index contributed by atoms with van der Waals surface area (Å²) in [7, 11) is 0. The van der Waals surface area contributed by atoms with Crippen molar-refractivity contribution in [1.82, 2.24) is 4.90 Å². The molecule has 0 atom stereocenters. The lowest BCUT2D eigenvalue weighted by molar-refractivity contribution is -0.135. The van der Waals surface area contributed by atoms with Gasteiger partial charge in [0.1, 0.15) is 0 Å². The Morgan fingerprint density at radius 2 is 2.40 bits per heavy atom. The summed E-state index contributed by atoms with van der Waals surface area (Å²) in [6.45, 7) is 0.593. The highest BCUT2D eigenvalue weighted by Crippen LogP contribution is 2.09. The largest absolute Gasteiger partial charge is 0.285 e. The first-order valence-electron chi connectivity index (χ1n) is 3.17. The van der Waals surface area contributed by atoms with Crippen molar-refractivity contribution in [3.8, 4) is 0 Å². The van der Waals surface area contributed by atoms with Crippen molar-refractivity contribution in [2.45, 2.75) is 6.42 Å². The summed E-state index contributed by atoms with van der Waals surface area (Å²) in [5.41, 5.74) is 0. The summed E-state index contributed by atoms with van der Waals surface area (Å²) in [6.07, 6.45) is 1.54. The zero-order valence-corrected chi connectivity index (χ0v) is 6.39. The van der Waals surface area contributed by atoms with Gasteiger partial charge in [-0.15, -0.1) is 0 Å². The van der Waals surface area contributed by atoms with Crippen LogP contribution in [0.4, 0.5) is 0 Å². The number of nitrogens with zero attached hydrogens (tertiary/aromatic N) is 1. The highest BCUT2D eigenvalue weighted by Gasteiger charge is 2.14. The zero-order chi connectivity index (χ0) is 7.40. The van der Waals surface area contributed by atoms with E-state index in [1.54, 1.807) is 11.8 Å². The maximum absolute atomic E-state index is 10.9. The molecule has 0 bridgehead atoms. The predicted octanol–water partition coefficient (Wildman–Crippen LogP) is 0.108. The van der Waals surface area contributed by atoms with Crippen LogP contribution in [-0.2, 0) is 9.59 Å². The predicted molar refractivity (Wildman–Crippen MR) is 39.7 cm³/mol. The van der Waals surface area contributed by atoms with E-state index in [1.165, 1.54) is 4.90 Å². The van der Waals surface area contributed by atoms with Crippen molar-refractivity contribution in [3.63, 3.8) is 0 Å². The summed E-state index contributed by atoms with van der Waals surface area (Å²) in [5, 5.41) is 0. The van der Waals surface area contributed by atoms with Gasteiger partial charge in [0.05, 0.1) is 5.75 Å². The molecule has 10 heavy (non-hydrogen) atoms. The monoisotopic (exact) mass is 159 g/mol. The molecule has 0 aliphatic carbocycles. The molecule has 1 heterocycles. The van der Waals surface area contributed by atoms with Crippen LogP contribution in [0.25, 0.3) is 0 Å². The third-order valence-corrected chi connectivity index (χ3v) is 2.39. The van der Waals surface area contributed by atoms with Crippen molar-refractivity contribution in [2.24, 2.45) is 0 Å². The first kappa shape index (κ1) is 7.60. The van der Waals surface area contributed by atoms with Gasteiger partial charge in [0.25, 0.3) is 0 Å². The van der Waals surface area contributed by atoms with Gasteiger partial charge in [0.15, 0.2) is 0 Å². The Balaban J connectivity index is 2.51. The Hall–Kier alpha value is -0.510. The third-order valence-electron chi connectivity index (χ3n) is 1.36. The van der Waals surface area contributed by atoms with Gasteiger partial charge < -0.3 is 0 Å². The van der Waals surface area contributed by atoms with E-state index in [0.29, 0.717) is 18.7 Å². The van der Waals surface area contributed by atoms with E-state index < -0.39 is 0 Å². The van der Waals surface area contributed by atoms with Gasteiger partial charge in [-0.25, -0.2) is 0 Å². The van der Waals surface area contributed by atoms with E-state index in [2.05, 4.69) is 0 Å². The van der Waals surface area contributed by atoms with E-state index >= 15 is 0 Å². The topological polar surface area (TPSA) is 37.4 Å². The van der Waals surface area contributed by atoms with Gasteiger partial charge >= 0.3 is 0 Å². The fourth-order valence-electron chi connectivity index (χ4n) is 0.816. The molecule has 0 aromatic rings. The van der Waals surface area contributed by atoms with Gasteiger partial charge in [0.2, 0.25) is 12.3 Å². The summed E-state index contributed by atoms with van der Waals surface area (Å²) in [4.78, 5) is 22.4. The molecule has 56 valence electrons. The van der Waals surface area contributed by atoms with Crippen LogP contribution >= 0.6 is 11.8 Å². The molecular weight excluding hydrogens is 150 g/mol. The number of carbonyl (C=O) groups is 2. The van der Waals surface area contributed by atoms with Crippen LogP contribution in [0.1, 0.15) is 6.42 Å². The second-order valence-electron chi connectivity index (χ2n) is 2.10. The Kier molecular flexibility index (Phi) is 2.74. The molecule has 4 heteroatoms. The van der Waals surface area contributed by atoms with E-state index in [1.807, 2.05) is 0 Å². The summed E-state index contributed by atoms with van der Waals surface area (Å²) in [6, 6.07) is 0. The lowest BCUT2D eigenvalue weighted by atomic mass is 10.4. The van der Waals surface area contributed by atoms with Crippen molar-refractivity contribution in [2.75, 3.05) is 18.1 Å². The molecule has 0 unspecified atom stereocenters. The van der Waals surface area contributed by atoms with Crippen molar-refractivity contribution < 1.29 is 9.59 Å². The number of rotatable bonds is 1. The normalized spacial score (nSPS) is 20.4. The van der Waals surface area contributed by atoms with Crippen LogP contribution < -0.4 is 0 Å². The highest BCUT2D eigenvalue weighted by molar-refractivity contribution is 7.99. The number of carbonyl (C=O) groups excluding carboxylic acids is 2. The Morgan fingerprint density at radius 3 is 3.10 bits per heavy atom. The molecule has 0 N–H and O–H groups in total. The van der Waals surface area contributed by atoms with Gasteiger partial charge in [-0.2, -0.15) is 11.8 Å². The van der Waals surface area contributed by atoms with E-state index in [-0.39, 0.29) is 5.91 Å². The van der Waals surface area contributed by atoms with Crippen LogP contribution in [-0.4, -0.2) is 35.3 Å². The molecule has 0 aromatic carbocycles.